The summed E-state index contributed by atoms with van der Waals surface area (Å²) in [5.41, 5.74) is 4.31. The Morgan fingerprint density at radius 1 is 1.20 bits per heavy atom. The van der Waals surface area contributed by atoms with Crippen LogP contribution in [0.15, 0.2) is 49.3 Å². The molecule has 9 heteroatoms. The SMILES string of the molecule is CCOC(=O)c1c(CN2CCOCC2)n(C)c2cc(-c3cccnc3)c(O)c(Cn3ccnc3)c12. The molecule has 4 heterocycles. The van der Waals surface area contributed by atoms with Gasteiger partial charge in [-0.05, 0) is 19.1 Å². The van der Waals surface area contributed by atoms with Crippen LogP contribution in [0, 0.1) is 0 Å². The minimum absolute atomic E-state index is 0.119. The summed E-state index contributed by atoms with van der Waals surface area (Å²) in [6, 6.07) is 5.69. The fraction of sp³-hybridized carbons (Fsp3) is 0.346. The Morgan fingerprint density at radius 2 is 2.03 bits per heavy atom. The number of morpholine rings is 1. The lowest BCUT2D eigenvalue weighted by molar-refractivity contribution is 0.0328. The van der Waals surface area contributed by atoms with Gasteiger partial charge >= 0.3 is 5.97 Å². The zero-order chi connectivity index (χ0) is 24.4. The number of phenolic OH excluding ortho intramolecular Hbond substituents is 1. The summed E-state index contributed by atoms with van der Waals surface area (Å²) in [5, 5.41) is 12.2. The zero-order valence-corrected chi connectivity index (χ0v) is 20.0. The van der Waals surface area contributed by atoms with E-state index in [9.17, 15) is 9.90 Å². The number of carbonyl (C=O) groups is 1. The second kappa shape index (κ2) is 9.89. The van der Waals surface area contributed by atoms with Gasteiger partial charge in [-0.1, -0.05) is 6.07 Å². The van der Waals surface area contributed by atoms with Crippen molar-refractivity contribution in [2.24, 2.45) is 7.05 Å². The molecule has 5 rings (SSSR count). The molecule has 9 nitrogen and oxygen atoms in total. The van der Waals surface area contributed by atoms with Crippen LogP contribution in [-0.2, 0) is 29.6 Å². The van der Waals surface area contributed by atoms with Crippen LogP contribution in [0.2, 0.25) is 0 Å². The van der Waals surface area contributed by atoms with E-state index >= 15 is 0 Å². The number of hydrogen-bond acceptors (Lipinski definition) is 7. The van der Waals surface area contributed by atoms with E-state index in [4.69, 9.17) is 9.47 Å². The van der Waals surface area contributed by atoms with E-state index in [1.54, 1.807) is 31.8 Å². The Morgan fingerprint density at radius 3 is 2.71 bits per heavy atom. The summed E-state index contributed by atoms with van der Waals surface area (Å²) >= 11 is 0. The van der Waals surface area contributed by atoms with Crippen molar-refractivity contribution in [2.75, 3.05) is 32.9 Å². The van der Waals surface area contributed by atoms with Crippen molar-refractivity contribution in [3.05, 3.63) is 66.1 Å². The number of nitrogens with zero attached hydrogens (tertiary/aromatic N) is 5. The monoisotopic (exact) mass is 475 g/mol. The molecule has 0 spiro atoms. The highest BCUT2D eigenvalue weighted by Crippen LogP contribution is 2.41. The van der Waals surface area contributed by atoms with Crippen LogP contribution in [0.4, 0.5) is 0 Å². The number of esters is 1. The molecule has 0 aliphatic carbocycles. The predicted molar refractivity (Wildman–Crippen MR) is 131 cm³/mol. The molecule has 3 aromatic heterocycles. The maximum Gasteiger partial charge on any atom is 0.340 e. The number of aromatic hydroxyl groups is 1. The largest absolute Gasteiger partial charge is 0.507 e. The summed E-state index contributed by atoms with van der Waals surface area (Å²) in [6.45, 7) is 5.90. The minimum atomic E-state index is -0.387. The molecule has 35 heavy (non-hydrogen) atoms. The van der Waals surface area contributed by atoms with E-state index in [-0.39, 0.29) is 18.3 Å². The molecular weight excluding hydrogens is 446 g/mol. The van der Waals surface area contributed by atoms with Crippen molar-refractivity contribution in [2.45, 2.75) is 20.0 Å². The highest BCUT2D eigenvalue weighted by atomic mass is 16.5. The van der Waals surface area contributed by atoms with Crippen LogP contribution in [0.5, 0.6) is 5.75 Å². The molecule has 182 valence electrons. The molecule has 0 bridgehead atoms. The van der Waals surface area contributed by atoms with Crippen LogP contribution in [-0.4, -0.2) is 68.0 Å². The van der Waals surface area contributed by atoms with Crippen LogP contribution in [0.1, 0.15) is 28.5 Å². The standard InChI is InChI=1S/C26H29N5O4/c1-3-35-26(33)24-22(16-30-9-11-34-12-10-30)29(2)21-13-19(18-5-4-6-27-14-18)25(32)20(23(21)24)15-31-8-7-28-17-31/h4-8,13-14,17,32H,3,9-12,15-16H2,1-2H3. The summed E-state index contributed by atoms with van der Waals surface area (Å²) < 4.78 is 15.0. The second-order valence-corrected chi connectivity index (χ2v) is 8.61. The number of aryl methyl sites for hydroxylation is 1. The van der Waals surface area contributed by atoms with Gasteiger partial charge in [0.15, 0.2) is 0 Å². The van der Waals surface area contributed by atoms with Gasteiger partial charge in [-0.15, -0.1) is 0 Å². The number of aromatic nitrogens is 4. The van der Waals surface area contributed by atoms with Crippen molar-refractivity contribution in [3.8, 4) is 16.9 Å². The second-order valence-electron chi connectivity index (χ2n) is 8.61. The van der Waals surface area contributed by atoms with E-state index < -0.39 is 0 Å². The normalized spacial score (nSPS) is 14.5. The van der Waals surface area contributed by atoms with Crippen molar-refractivity contribution in [3.63, 3.8) is 0 Å². The Labute approximate surface area is 203 Å². The summed E-state index contributed by atoms with van der Waals surface area (Å²) in [4.78, 5) is 24.0. The number of imidazole rings is 1. The number of pyridine rings is 1. The molecule has 0 saturated carbocycles. The fourth-order valence-electron chi connectivity index (χ4n) is 4.75. The van der Waals surface area contributed by atoms with E-state index in [0.717, 1.165) is 29.9 Å². The number of rotatable bonds is 7. The van der Waals surface area contributed by atoms with Crippen molar-refractivity contribution >= 4 is 16.9 Å². The van der Waals surface area contributed by atoms with E-state index in [2.05, 4.69) is 14.9 Å². The lowest BCUT2D eigenvalue weighted by atomic mass is 9.96. The highest BCUT2D eigenvalue weighted by molar-refractivity contribution is 6.09. The topological polar surface area (TPSA) is 94.6 Å². The predicted octanol–water partition coefficient (Wildman–Crippen LogP) is 3.20. The number of carbonyl (C=O) groups excluding carboxylic acids is 1. The Balaban J connectivity index is 1.78. The maximum atomic E-state index is 13.4. The van der Waals surface area contributed by atoms with Gasteiger partial charge in [-0.2, -0.15) is 0 Å². The third-order valence-corrected chi connectivity index (χ3v) is 6.51. The van der Waals surface area contributed by atoms with Crippen LogP contribution in [0.25, 0.3) is 22.0 Å². The summed E-state index contributed by atoms with van der Waals surface area (Å²) in [5.74, 6) is -0.268. The van der Waals surface area contributed by atoms with Gasteiger partial charge in [0.25, 0.3) is 0 Å². The molecule has 0 amide bonds. The average Bonchev–Trinajstić information content (AvgIpc) is 3.48. The molecule has 1 saturated heterocycles. The lowest BCUT2D eigenvalue weighted by Gasteiger charge is -2.27. The summed E-state index contributed by atoms with van der Waals surface area (Å²) in [6.07, 6.45) is 8.66. The average molecular weight is 476 g/mol. The molecule has 1 aromatic carbocycles. The van der Waals surface area contributed by atoms with Crippen molar-refractivity contribution in [1.29, 1.82) is 0 Å². The van der Waals surface area contributed by atoms with Gasteiger partial charge in [0, 0.05) is 79.2 Å². The van der Waals surface area contributed by atoms with E-state index in [1.807, 2.05) is 40.6 Å². The quantitative estimate of drug-likeness (QED) is 0.410. The molecule has 0 radical (unpaired) electrons. The number of hydrogen-bond donors (Lipinski definition) is 1. The number of phenols is 1. The van der Waals surface area contributed by atoms with Gasteiger partial charge in [0.05, 0.1) is 43.8 Å². The molecule has 1 aliphatic heterocycles. The van der Waals surface area contributed by atoms with E-state index in [0.29, 0.717) is 48.4 Å². The van der Waals surface area contributed by atoms with Gasteiger partial charge in [0.1, 0.15) is 5.75 Å². The van der Waals surface area contributed by atoms with Crippen LogP contribution in [0.3, 0.4) is 0 Å². The van der Waals surface area contributed by atoms with Gasteiger partial charge in [0.2, 0.25) is 0 Å². The molecule has 1 N–H and O–H groups in total. The first kappa shape index (κ1) is 23.1. The lowest BCUT2D eigenvalue weighted by Crippen LogP contribution is -2.36. The molecule has 4 aromatic rings. The maximum absolute atomic E-state index is 13.4. The fourth-order valence-corrected chi connectivity index (χ4v) is 4.75. The number of fused-ring (bicyclic) bond motifs is 1. The smallest absolute Gasteiger partial charge is 0.340 e. The zero-order valence-electron chi connectivity index (χ0n) is 20.0. The molecule has 1 aliphatic rings. The third kappa shape index (κ3) is 4.40. The van der Waals surface area contributed by atoms with Gasteiger partial charge in [-0.25, -0.2) is 9.78 Å². The Bertz CT molecular complexity index is 1330. The van der Waals surface area contributed by atoms with E-state index in [1.165, 1.54) is 0 Å². The van der Waals surface area contributed by atoms with Gasteiger partial charge in [-0.3, -0.25) is 9.88 Å². The van der Waals surface area contributed by atoms with Gasteiger partial charge < -0.3 is 23.7 Å². The highest BCUT2D eigenvalue weighted by Gasteiger charge is 2.29. The third-order valence-electron chi connectivity index (χ3n) is 6.51. The summed E-state index contributed by atoms with van der Waals surface area (Å²) in [7, 11) is 1.96. The van der Waals surface area contributed by atoms with Crippen LogP contribution >= 0.6 is 0 Å². The molecule has 0 atom stereocenters. The first-order valence-corrected chi connectivity index (χ1v) is 11.8. The number of ether oxygens (including phenoxy) is 2. The van der Waals surface area contributed by atoms with Crippen molar-refractivity contribution < 1.29 is 19.4 Å². The Kier molecular flexibility index (Phi) is 6.52. The molecule has 0 unspecified atom stereocenters. The first-order valence-electron chi connectivity index (χ1n) is 11.8. The minimum Gasteiger partial charge on any atom is -0.507 e. The van der Waals surface area contributed by atoms with Crippen molar-refractivity contribution in [1.82, 2.24) is 24.0 Å². The molecular formula is C26H29N5O4. The number of benzene rings is 1. The van der Waals surface area contributed by atoms with Crippen LogP contribution < -0.4 is 0 Å². The Hall–Kier alpha value is -3.69. The molecule has 1 fully saturated rings. The first-order chi connectivity index (χ1) is 17.1.